The van der Waals surface area contributed by atoms with Crippen molar-refractivity contribution in [2.75, 3.05) is 11.9 Å². The van der Waals surface area contributed by atoms with E-state index in [1.165, 1.54) is 36.0 Å². The van der Waals surface area contributed by atoms with Gasteiger partial charge in [0.05, 0.1) is 30.3 Å². The van der Waals surface area contributed by atoms with Crippen molar-refractivity contribution in [3.63, 3.8) is 0 Å². The third-order valence-electron chi connectivity index (χ3n) is 5.17. The number of esters is 1. The third-order valence-corrected chi connectivity index (χ3v) is 6.40. The Morgan fingerprint density at radius 3 is 2.64 bits per heavy atom. The number of allylic oxidation sites excluding steroid dienone is 1. The lowest BCUT2D eigenvalue weighted by Gasteiger charge is -2.36. The number of rotatable bonds is 6. The smallest absolute Gasteiger partial charge is 0.338 e. The van der Waals surface area contributed by atoms with E-state index in [1.807, 2.05) is 28.5 Å². The Morgan fingerprint density at radius 1 is 1.21 bits per heavy atom. The van der Waals surface area contributed by atoms with Crippen molar-refractivity contribution in [1.82, 2.24) is 4.90 Å². The van der Waals surface area contributed by atoms with E-state index in [4.69, 9.17) is 16.3 Å². The fraction of sp³-hybridized carbons (Fsp3) is 0.208. The molecule has 2 aromatic carbocycles. The number of hydrogen-bond acceptors (Lipinski definition) is 6. The summed E-state index contributed by atoms with van der Waals surface area (Å²) < 4.78 is 18.5. The quantitative estimate of drug-likeness (QED) is 0.536. The van der Waals surface area contributed by atoms with Gasteiger partial charge in [-0.2, -0.15) is 0 Å². The maximum absolute atomic E-state index is 13.2. The van der Waals surface area contributed by atoms with Gasteiger partial charge in [-0.15, -0.1) is 0 Å². The normalized spacial score (nSPS) is 17.3. The molecule has 33 heavy (non-hydrogen) atoms. The summed E-state index contributed by atoms with van der Waals surface area (Å²) >= 11 is 7.91. The zero-order valence-corrected chi connectivity index (χ0v) is 19.5. The van der Waals surface area contributed by atoms with Gasteiger partial charge in [-0.25, -0.2) is 14.2 Å². The third kappa shape index (κ3) is 4.82. The van der Waals surface area contributed by atoms with Gasteiger partial charge in [-0.3, -0.25) is 4.79 Å². The number of amides is 1. The molecule has 0 saturated heterocycles. The van der Waals surface area contributed by atoms with Crippen LogP contribution in [-0.4, -0.2) is 28.6 Å². The zero-order chi connectivity index (χ0) is 23.5. The van der Waals surface area contributed by atoms with Gasteiger partial charge in [0.25, 0.3) is 0 Å². The minimum Gasteiger partial charge on any atom is -0.463 e. The molecule has 0 radical (unpaired) electrons. The summed E-state index contributed by atoms with van der Waals surface area (Å²) in [6, 6.07) is 12.2. The molecule has 0 spiro atoms. The van der Waals surface area contributed by atoms with Crippen LogP contribution in [0.3, 0.4) is 0 Å². The van der Waals surface area contributed by atoms with Crippen LogP contribution in [0.25, 0.3) is 0 Å². The Hall–Kier alpha value is -3.10. The molecule has 2 aliphatic heterocycles. The van der Waals surface area contributed by atoms with Crippen LogP contribution in [0, 0.1) is 5.82 Å². The van der Waals surface area contributed by atoms with Crippen LogP contribution in [-0.2, 0) is 14.3 Å². The van der Waals surface area contributed by atoms with E-state index in [9.17, 15) is 14.0 Å². The highest BCUT2D eigenvalue weighted by Crippen LogP contribution is 2.46. The summed E-state index contributed by atoms with van der Waals surface area (Å²) in [6.45, 7) is 3.73. The molecule has 1 amide bonds. The van der Waals surface area contributed by atoms with Crippen LogP contribution >= 0.6 is 23.4 Å². The standard InChI is InChI=1S/C24H21ClFN3O3S/c1-3-32-23(31)21-14(2)27-24-29(22(21)18-6-4-5-7-19(18)25)17(13-33-24)12-20(30)28-16-10-8-15(26)9-11-16/h4-11,13,22H,3,12H2,1-2H3,(H,28,30). The molecule has 2 heterocycles. The van der Waals surface area contributed by atoms with E-state index in [0.29, 0.717) is 38.4 Å². The average molecular weight is 486 g/mol. The molecule has 1 unspecified atom stereocenters. The van der Waals surface area contributed by atoms with Crippen molar-refractivity contribution >= 4 is 46.1 Å². The van der Waals surface area contributed by atoms with Gasteiger partial charge >= 0.3 is 5.97 Å². The monoisotopic (exact) mass is 485 g/mol. The predicted molar refractivity (Wildman–Crippen MR) is 128 cm³/mol. The first kappa shape index (κ1) is 23.1. The van der Waals surface area contributed by atoms with Crippen molar-refractivity contribution in [1.29, 1.82) is 0 Å². The minimum atomic E-state index is -0.592. The number of nitrogens with zero attached hydrogens (tertiary/aromatic N) is 2. The van der Waals surface area contributed by atoms with Crippen molar-refractivity contribution in [2.45, 2.75) is 26.3 Å². The zero-order valence-electron chi connectivity index (χ0n) is 18.0. The molecule has 9 heteroatoms. The SMILES string of the molecule is CCOC(=O)C1=C(C)N=C2SC=C(CC(=O)Nc3ccc(F)cc3)N2C1c1ccccc1Cl. The summed E-state index contributed by atoms with van der Waals surface area (Å²) in [7, 11) is 0. The van der Waals surface area contributed by atoms with Gasteiger partial charge in [-0.05, 0) is 55.2 Å². The number of fused-ring (bicyclic) bond motifs is 1. The number of anilines is 1. The molecule has 2 aromatic rings. The highest BCUT2D eigenvalue weighted by atomic mass is 35.5. The molecular formula is C24H21ClFN3O3S. The van der Waals surface area contributed by atoms with Crippen molar-refractivity contribution in [3.05, 3.63) is 87.3 Å². The van der Waals surface area contributed by atoms with Crippen molar-refractivity contribution in [2.24, 2.45) is 4.99 Å². The molecule has 0 aromatic heterocycles. The van der Waals surface area contributed by atoms with Crippen LogP contribution in [0.15, 0.2) is 75.9 Å². The maximum Gasteiger partial charge on any atom is 0.338 e. The topological polar surface area (TPSA) is 71.0 Å². The predicted octanol–water partition coefficient (Wildman–Crippen LogP) is 5.65. The van der Waals surface area contributed by atoms with E-state index in [1.54, 1.807) is 19.9 Å². The van der Waals surface area contributed by atoms with Gasteiger partial charge < -0.3 is 15.0 Å². The first-order chi connectivity index (χ1) is 15.9. The Morgan fingerprint density at radius 2 is 1.94 bits per heavy atom. The summed E-state index contributed by atoms with van der Waals surface area (Å²) in [5.74, 6) is -1.14. The van der Waals surface area contributed by atoms with E-state index < -0.39 is 12.0 Å². The lowest BCUT2D eigenvalue weighted by molar-refractivity contribution is -0.139. The maximum atomic E-state index is 13.2. The Labute approximate surface area is 200 Å². The summed E-state index contributed by atoms with van der Waals surface area (Å²) in [5, 5.41) is 5.75. The second-order valence-electron chi connectivity index (χ2n) is 7.37. The molecule has 0 aliphatic carbocycles. The second kappa shape index (κ2) is 9.80. The number of nitrogens with one attached hydrogen (secondary N) is 1. The first-order valence-corrected chi connectivity index (χ1v) is 11.6. The Kier molecular flexibility index (Phi) is 6.85. The number of carbonyl (C=O) groups is 2. The van der Waals surface area contributed by atoms with Crippen molar-refractivity contribution in [3.8, 4) is 0 Å². The van der Waals surface area contributed by atoms with Crippen LogP contribution in [0.4, 0.5) is 10.1 Å². The first-order valence-electron chi connectivity index (χ1n) is 10.3. The summed E-state index contributed by atoms with van der Waals surface area (Å²) in [5.41, 5.74) is 2.79. The van der Waals surface area contributed by atoms with Crippen LogP contribution < -0.4 is 5.32 Å². The van der Waals surface area contributed by atoms with Gasteiger partial charge in [0.2, 0.25) is 5.91 Å². The van der Waals surface area contributed by atoms with E-state index in [0.717, 1.165) is 0 Å². The molecule has 0 bridgehead atoms. The van der Waals surface area contributed by atoms with E-state index in [-0.39, 0.29) is 24.8 Å². The van der Waals surface area contributed by atoms with E-state index in [2.05, 4.69) is 10.3 Å². The molecular weight excluding hydrogens is 465 g/mol. The molecule has 2 aliphatic rings. The highest BCUT2D eigenvalue weighted by Gasteiger charge is 2.41. The fourth-order valence-corrected chi connectivity index (χ4v) is 4.94. The van der Waals surface area contributed by atoms with Gasteiger partial charge in [0, 0.05) is 16.4 Å². The second-order valence-corrected chi connectivity index (χ2v) is 8.61. The van der Waals surface area contributed by atoms with Crippen LogP contribution in [0.5, 0.6) is 0 Å². The lowest BCUT2D eigenvalue weighted by Crippen LogP contribution is -2.37. The Balaban J connectivity index is 1.67. The molecule has 0 fully saturated rings. The number of carbonyl (C=O) groups excluding carboxylic acids is 2. The average Bonchev–Trinajstić information content (AvgIpc) is 3.17. The molecule has 1 atom stereocenters. The van der Waals surface area contributed by atoms with Gasteiger partial charge in [-0.1, -0.05) is 41.6 Å². The number of thioether (sulfide) groups is 1. The van der Waals surface area contributed by atoms with E-state index >= 15 is 0 Å². The molecule has 4 rings (SSSR count). The van der Waals surface area contributed by atoms with Gasteiger partial charge in [0.1, 0.15) is 5.82 Å². The molecule has 1 N–H and O–H groups in total. The number of amidine groups is 1. The number of ether oxygens (including phenoxy) is 1. The van der Waals surface area contributed by atoms with Crippen LogP contribution in [0.1, 0.15) is 31.9 Å². The number of aliphatic imine (C=N–C) groups is 1. The number of halogens is 2. The molecule has 170 valence electrons. The molecule has 6 nitrogen and oxygen atoms in total. The Bertz CT molecular complexity index is 1190. The minimum absolute atomic E-state index is 0.0273. The largest absolute Gasteiger partial charge is 0.463 e. The molecule has 0 saturated carbocycles. The van der Waals surface area contributed by atoms with Gasteiger partial charge in [0.15, 0.2) is 5.17 Å². The number of benzene rings is 2. The lowest BCUT2D eigenvalue weighted by atomic mass is 9.93. The fourth-order valence-electron chi connectivity index (χ4n) is 3.73. The van der Waals surface area contributed by atoms with Crippen LogP contribution in [0.2, 0.25) is 5.02 Å². The summed E-state index contributed by atoms with van der Waals surface area (Å²) in [4.78, 5) is 32.2. The van der Waals surface area contributed by atoms with Crippen molar-refractivity contribution < 1.29 is 18.7 Å². The summed E-state index contributed by atoms with van der Waals surface area (Å²) in [6.07, 6.45) is 0.0273. The highest BCUT2D eigenvalue weighted by molar-refractivity contribution is 8.16. The number of hydrogen-bond donors (Lipinski definition) is 1.